The summed E-state index contributed by atoms with van der Waals surface area (Å²) in [6.45, 7) is 1.76. The molecule has 2 N–H and O–H groups in total. The number of carbonyl (C=O) groups is 1. The molecule has 1 amide bonds. The zero-order valence-corrected chi connectivity index (χ0v) is 13.5. The molecule has 2 aromatic rings. The van der Waals surface area contributed by atoms with Gasteiger partial charge in [-0.25, -0.2) is 15.4 Å². The SMILES string of the molecule is O=C(NO)c1cnc(N2C[C@H]3C[C@@H]2CN3c2ccc(Cl)cc2)nc1. The first-order valence-electron chi connectivity index (χ1n) is 7.71. The maximum Gasteiger partial charge on any atom is 0.277 e. The Labute approximate surface area is 143 Å². The lowest BCUT2D eigenvalue weighted by Crippen LogP contribution is -2.47. The number of hydroxylamine groups is 1. The zero-order valence-electron chi connectivity index (χ0n) is 12.8. The molecule has 0 saturated carbocycles. The standard InChI is InChI=1S/C16H16ClN5O2/c17-11-1-3-12(4-2-11)21-8-14-5-13(21)9-22(14)16-18-6-10(7-19-16)15(23)20-24/h1-4,6-7,13-14,24H,5,8-9H2,(H,20,23)/t13-,14-/m1/s1. The van der Waals surface area contributed by atoms with E-state index in [0.717, 1.165) is 24.5 Å². The quantitative estimate of drug-likeness (QED) is 0.651. The van der Waals surface area contributed by atoms with Crippen molar-refractivity contribution in [1.82, 2.24) is 15.4 Å². The number of piperazine rings is 1. The second kappa shape index (κ2) is 5.92. The van der Waals surface area contributed by atoms with Crippen molar-refractivity contribution in [2.24, 2.45) is 0 Å². The number of nitrogens with one attached hydrogen (secondary N) is 1. The third kappa shape index (κ3) is 2.55. The molecule has 124 valence electrons. The van der Waals surface area contributed by atoms with Gasteiger partial charge in [0, 0.05) is 42.2 Å². The van der Waals surface area contributed by atoms with Gasteiger partial charge in [0.25, 0.3) is 5.91 Å². The van der Waals surface area contributed by atoms with Gasteiger partial charge in [0.1, 0.15) is 0 Å². The number of amides is 1. The molecule has 24 heavy (non-hydrogen) atoms. The van der Waals surface area contributed by atoms with Crippen molar-refractivity contribution in [3.05, 3.63) is 47.2 Å². The molecule has 0 spiro atoms. The minimum atomic E-state index is -0.613. The van der Waals surface area contributed by atoms with E-state index < -0.39 is 5.91 Å². The molecular formula is C16H16ClN5O2. The smallest absolute Gasteiger partial charge is 0.277 e. The summed E-state index contributed by atoms with van der Waals surface area (Å²) in [7, 11) is 0. The Morgan fingerprint density at radius 3 is 2.33 bits per heavy atom. The molecule has 2 fully saturated rings. The molecule has 2 aliphatic heterocycles. The predicted molar refractivity (Wildman–Crippen MR) is 89.6 cm³/mol. The lowest BCUT2D eigenvalue weighted by atomic mass is 10.2. The summed E-state index contributed by atoms with van der Waals surface area (Å²) >= 11 is 5.96. The van der Waals surface area contributed by atoms with E-state index in [0.29, 0.717) is 18.0 Å². The summed E-state index contributed by atoms with van der Waals surface area (Å²) in [5, 5.41) is 9.37. The topological polar surface area (TPSA) is 81.6 Å². The van der Waals surface area contributed by atoms with Crippen LogP contribution in [0.2, 0.25) is 5.02 Å². The van der Waals surface area contributed by atoms with E-state index in [4.69, 9.17) is 16.8 Å². The summed E-state index contributed by atoms with van der Waals surface area (Å²) in [4.78, 5) is 24.4. The fraction of sp³-hybridized carbons (Fsp3) is 0.312. The number of fused-ring (bicyclic) bond motifs is 2. The highest BCUT2D eigenvalue weighted by Gasteiger charge is 2.44. The van der Waals surface area contributed by atoms with Crippen molar-refractivity contribution < 1.29 is 10.0 Å². The number of hydrogen-bond donors (Lipinski definition) is 2. The van der Waals surface area contributed by atoms with Crippen molar-refractivity contribution in [2.75, 3.05) is 22.9 Å². The van der Waals surface area contributed by atoms with Crippen LogP contribution in [0.25, 0.3) is 0 Å². The Morgan fingerprint density at radius 1 is 1.12 bits per heavy atom. The van der Waals surface area contributed by atoms with Crippen LogP contribution in [0.4, 0.5) is 11.6 Å². The number of halogens is 1. The van der Waals surface area contributed by atoms with Crippen molar-refractivity contribution >= 4 is 29.1 Å². The first-order valence-corrected chi connectivity index (χ1v) is 8.09. The number of carbonyl (C=O) groups excluding carboxylic acids is 1. The van der Waals surface area contributed by atoms with Crippen molar-refractivity contribution in [3.8, 4) is 0 Å². The average molecular weight is 346 g/mol. The molecule has 2 saturated heterocycles. The Hall–Kier alpha value is -2.38. The fourth-order valence-corrected chi connectivity index (χ4v) is 3.64. The normalized spacial score (nSPS) is 22.1. The van der Waals surface area contributed by atoms with Crippen LogP contribution in [0.15, 0.2) is 36.7 Å². The molecule has 0 unspecified atom stereocenters. The first kappa shape index (κ1) is 15.2. The van der Waals surface area contributed by atoms with Crippen LogP contribution in [0, 0.1) is 0 Å². The Kier molecular flexibility index (Phi) is 3.74. The van der Waals surface area contributed by atoms with E-state index in [1.807, 2.05) is 24.3 Å². The minimum absolute atomic E-state index is 0.230. The Morgan fingerprint density at radius 2 is 1.75 bits per heavy atom. The van der Waals surface area contributed by atoms with Crippen LogP contribution in [-0.2, 0) is 0 Å². The summed E-state index contributed by atoms with van der Waals surface area (Å²) < 4.78 is 0. The Balaban J connectivity index is 1.48. The van der Waals surface area contributed by atoms with Gasteiger partial charge in [0.2, 0.25) is 5.95 Å². The first-order chi connectivity index (χ1) is 11.7. The lowest BCUT2D eigenvalue weighted by molar-refractivity contribution is 0.0705. The van der Waals surface area contributed by atoms with Gasteiger partial charge >= 0.3 is 0 Å². The third-order valence-corrected chi connectivity index (χ3v) is 4.91. The van der Waals surface area contributed by atoms with Crippen LogP contribution in [0.1, 0.15) is 16.8 Å². The van der Waals surface area contributed by atoms with E-state index >= 15 is 0 Å². The van der Waals surface area contributed by atoms with E-state index in [1.165, 1.54) is 18.1 Å². The maximum absolute atomic E-state index is 11.3. The minimum Gasteiger partial charge on any atom is -0.365 e. The van der Waals surface area contributed by atoms with E-state index in [-0.39, 0.29) is 5.56 Å². The average Bonchev–Trinajstić information content (AvgIpc) is 3.22. The number of aromatic nitrogens is 2. The third-order valence-electron chi connectivity index (χ3n) is 4.66. The monoisotopic (exact) mass is 345 g/mol. The van der Waals surface area contributed by atoms with Gasteiger partial charge in [-0.3, -0.25) is 10.0 Å². The van der Waals surface area contributed by atoms with Crippen LogP contribution in [0.5, 0.6) is 0 Å². The Bertz CT molecular complexity index is 752. The highest BCUT2D eigenvalue weighted by atomic mass is 35.5. The van der Waals surface area contributed by atoms with Gasteiger partial charge in [0.15, 0.2) is 0 Å². The molecule has 4 rings (SSSR count). The fourth-order valence-electron chi connectivity index (χ4n) is 3.51. The second-order valence-electron chi connectivity index (χ2n) is 6.04. The highest BCUT2D eigenvalue weighted by molar-refractivity contribution is 6.30. The second-order valence-corrected chi connectivity index (χ2v) is 6.47. The predicted octanol–water partition coefficient (Wildman–Crippen LogP) is 1.72. The lowest BCUT2D eigenvalue weighted by Gasteiger charge is -2.35. The number of anilines is 2. The van der Waals surface area contributed by atoms with Gasteiger partial charge < -0.3 is 9.80 Å². The van der Waals surface area contributed by atoms with Gasteiger partial charge in [-0.2, -0.15) is 0 Å². The van der Waals surface area contributed by atoms with Crippen molar-refractivity contribution in [1.29, 1.82) is 0 Å². The summed E-state index contributed by atoms with van der Waals surface area (Å²) in [6, 6.07) is 8.69. The number of hydrogen-bond acceptors (Lipinski definition) is 6. The molecule has 8 heteroatoms. The molecular weight excluding hydrogens is 330 g/mol. The molecule has 2 aliphatic rings. The molecule has 7 nitrogen and oxygen atoms in total. The largest absolute Gasteiger partial charge is 0.365 e. The summed E-state index contributed by atoms with van der Waals surface area (Å²) in [6.07, 6.45) is 3.92. The molecule has 3 heterocycles. The molecule has 0 radical (unpaired) electrons. The van der Waals surface area contributed by atoms with Gasteiger partial charge in [-0.05, 0) is 30.7 Å². The molecule has 1 aromatic heterocycles. The molecule has 2 bridgehead atoms. The van der Waals surface area contributed by atoms with Gasteiger partial charge in [0.05, 0.1) is 11.6 Å². The summed E-state index contributed by atoms with van der Waals surface area (Å²) in [5.41, 5.74) is 2.99. The van der Waals surface area contributed by atoms with Crippen LogP contribution in [-0.4, -0.2) is 46.3 Å². The molecule has 1 aromatic carbocycles. The highest BCUT2D eigenvalue weighted by Crippen LogP contribution is 2.36. The van der Waals surface area contributed by atoms with Crippen LogP contribution in [0.3, 0.4) is 0 Å². The van der Waals surface area contributed by atoms with Gasteiger partial charge in [-0.15, -0.1) is 0 Å². The van der Waals surface area contributed by atoms with Crippen molar-refractivity contribution in [2.45, 2.75) is 18.5 Å². The van der Waals surface area contributed by atoms with E-state index in [9.17, 15) is 4.79 Å². The van der Waals surface area contributed by atoms with Gasteiger partial charge in [-0.1, -0.05) is 11.6 Å². The number of rotatable bonds is 3. The summed E-state index contributed by atoms with van der Waals surface area (Å²) in [5.74, 6) is 0.00570. The molecule has 0 aliphatic carbocycles. The van der Waals surface area contributed by atoms with Crippen molar-refractivity contribution in [3.63, 3.8) is 0 Å². The zero-order chi connectivity index (χ0) is 16.7. The van der Waals surface area contributed by atoms with Crippen LogP contribution >= 0.6 is 11.6 Å². The number of nitrogens with zero attached hydrogens (tertiary/aromatic N) is 4. The van der Waals surface area contributed by atoms with E-state index in [2.05, 4.69) is 19.8 Å². The number of benzene rings is 1. The molecule has 2 atom stereocenters. The maximum atomic E-state index is 11.3. The van der Waals surface area contributed by atoms with Crippen LogP contribution < -0.4 is 15.3 Å². The van der Waals surface area contributed by atoms with E-state index in [1.54, 1.807) is 5.48 Å².